The van der Waals surface area contributed by atoms with Gasteiger partial charge in [-0.3, -0.25) is 4.79 Å². The average Bonchev–Trinajstić information content (AvgIpc) is 2.68. The van der Waals surface area contributed by atoms with Crippen LogP contribution in [-0.2, 0) is 6.61 Å². The molecule has 0 saturated carbocycles. The first-order valence-corrected chi connectivity index (χ1v) is 10.7. The normalized spacial score (nSPS) is 10.8. The molecule has 0 bridgehead atoms. The van der Waals surface area contributed by atoms with E-state index in [1.54, 1.807) is 12.3 Å². The summed E-state index contributed by atoms with van der Waals surface area (Å²) in [7, 11) is 0. The molecule has 3 aromatic carbocycles. The number of amides is 1. The molecule has 0 aliphatic carbocycles. The molecule has 28 heavy (non-hydrogen) atoms. The second kappa shape index (κ2) is 10.0. The smallest absolute Gasteiger partial charge is 0.271 e. The fraction of sp³-hybridized carbons (Fsp3) is 0.0909. The molecule has 142 valence electrons. The molecule has 3 rings (SSSR count). The first-order chi connectivity index (χ1) is 13.5. The lowest BCUT2D eigenvalue weighted by Gasteiger charge is -2.11. The highest BCUT2D eigenvalue weighted by Crippen LogP contribution is 2.29. The Morgan fingerprint density at radius 1 is 1.04 bits per heavy atom. The van der Waals surface area contributed by atoms with Crippen LogP contribution in [0, 0.1) is 14.1 Å². The number of carbonyl (C=O) groups is 1. The molecule has 1 N–H and O–H groups in total. The summed E-state index contributed by atoms with van der Waals surface area (Å²) in [5.74, 6) is 0.632. The lowest BCUT2D eigenvalue weighted by atomic mass is 10.1. The standard InChI is InChI=1S/C22H18I2N2O2/c1-15-7-5-6-10-18(15)22(27)26-25-13-17-11-19(23)21(20(24)12-17)28-14-16-8-3-2-4-9-16/h2-13H,14H2,1H3,(H,26,27)/b25-13+. The summed E-state index contributed by atoms with van der Waals surface area (Å²) < 4.78 is 7.98. The van der Waals surface area contributed by atoms with Gasteiger partial charge < -0.3 is 4.74 Å². The van der Waals surface area contributed by atoms with Gasteiger partial charge in [-0.2, -0.15) is 5.10 Å². The van der Waals surface area contributed by atoms with Gasteiger partial charge in [0.2, 0.25) is 0 Å². The van der Waals surface area contributed by atoms with E-state index in [0.29, 0.717) is 12.2 Å². The van der Waals surface area contributed by atoms with Crippen LogP contribution in [0.4, 0.5) is 0 Å². The summed E-state index contributed by atoms with van der Waals surface area (Å²) in [5.41, 5.74) is 6.14. The molecule has 6 heteroatoms. The molecule has 0 atom stereocenters. The lowest BCUT2D eigenvalue weighted by molar-refractivity contribution is 0.0954. The monoisotopic (exact) mass is 596 g/mol. The van der Waals surface area contributed by atoms with Crippen LogP contribution < -0.4 is 10.2 Å². The van der Waals surface area contributed by atoms with Crippen molar-refractivity contribution in [1.82, 2.24) is 5.43 Å². The maximum absolute atomic E-state index is 12.2. The zero-order valence-corrected chi connectivity index (χ0v) is 19.5. The van der Waals surface area contributed by atoms with Crippen molar-refractivity contribution < 1.29 is 9.53 Å². The minimum Gasteiger partial charge on any atom is -0.487 e. The number of carbonyl (C=O) groups excluding carboxylic acids is 1. The van der Waals surface area contributed by atoms with E-state index in [1.165, 1.54) is 0 Å². The lowest BCUT2D eigenvalue weighted by Crippen LogP contribution is -2.18. The Morgan fingerprint density at radius 2 is 1.68 bits per heavy atom. The molecule has 0 radical (unpaired) electrons. The van der Waals surface area contributed by atoms with Gasteiger partial charge in [0, 0.05) is 5.56 Å². The Bertz CT molecular complexity index is 981. The van der Waals surface area contributed by atoms with E-state index in [-0.39, 0.29) is 5.91 Å². The first kappa shape index (κ1) is 20.8. The van der Waals surface area contributed by atoms with Crippen LogP contribution in [0.3, 0.4) is 0 Å². The van der Waals surface area contributed by atoms with E-state index in [2.05, 4.69) is 55.7 Å². The molecule has 0 saturated heterocycles. The topological polar surface area (TPSA) is 50.7 Å². The largest absolute Gasteiger partial charge is 0.487 e. The molecule has 3 aromatic rings. The van der Waals surface area contributed by atoms with Crippen LogP contribution in [0.2, 0.25) is 0 Å². The van der Waals surface area contributed by atoms with Crippen LogP contribution in [0.25, 0.3) is 0 Å². The molecule has 0 unspecified atom stereocenters. The van der Waals surface area contributed by atoms with Crippen LogP contribution in [-0.4, -0.2) is 12.1 Å². The number of rotatable bonds is 6. The van der Waals surface area contributed by atoms with E-state index in [0.717, 1.165) is 29.6 Å². The second-order valence-corrected chi connectivity index (χ2v) is 8.43. The van der Waals surface area contributed by atoms with Gasteiger partial charge >= 0.3 is 0 Å². The summed E-state index contributed by atoms with van der Waals surface area (Å²) >= 11 is 4.51. The number of benzene rings is 3. The van der Waals surface area contributed by atoms with Gasteiger partial charge in [0.25, 0.3) is 5.91 Å². The summed E-state index contributed by atoms with van der Waals surface area (Å²) in [6.07, 6.45) is 1.64. The van der Waals surface area contributed by atoms with Crippen LogP contribution in [0.15, 0.2) is 71.8 Å². The van der Waals surface area contributed by atoms with Crippen molar-refractivity contribution in [2.45, 2.75) is 13.5 Å². The number of hydrogen-bond donors (Lipinski definition) is 1. The minimum absolute atomic E-state index is 0.221. The maximum Gasteiger partial charge on any atom is 0.271 e. The Labute approximate surface area is 191 Å². The number of aryl methyl sites for hydroxylation is 1. The highest BCUT2D eigenvalue weighted by Gasteiger charge is 2.09. The fourth-order valence-electron chi connectivity index (χ4n) is 2.57. The Morgan fingerprint density at radius 3 is 2.36 bits per heavy atom. The Kier molecular flexibility index (Phi) is 7.43. The summed E-state index contributed by atoms with van der Waals surface area (Å²) in [6.45, 7) is 2.42. The van der Waals surface area contributed by atoms with Crippen molar-refractivity contribution in [2.24, 2.45) is 5.10 Å². The number of hydrogen-bond acceptors (Lipinski definition) is 3. The van der Waals surface area contributed by atoms with Gasteiger partial charge in [-0.1, -0.05) is 48.5 Å². The maximum atomic E-state index is 12.2. The van der Waals surface area contributed by atoms with Crippen molar-refractivity contribution in [3.05, 3.63) is 96.1 Å². The van der Waals surface area contributed by atoms with E-state index in [1.807, 2.05) is 67.6 Å². The molecule has 0 aliphatic heterocycles. The van der Waals surface area contributed by atoms with E-state index >= 15 is 0 Å². The van der Waals surface area contributed by atoms with Gasteiger partial charge in [-0.15, -0.1) is 0 Å². The van der Waals surface area contributed by atoms with Crippen molar-refractivity contribution in [2.75, 3.05) is 0 Å². The van der Waals surface area contributed by atoms with E-state index < -0.39 is 0 Å². The zero-order valence-electron chi connectivity index (χ0n) is 15.2. The molecular formula is C22H18I2N2O2. The van der Waals surface area contributed by atoms with Gasteiger partial charge in [0.05, 0.1) is 13.4 Å². The molecule has 0 aliphatic rings. The van der Waals surface area contributed by atoms with E-state index in [4.69, 9.17) is 4.74 Å². The summed E-state index contributed by atoms with van der Waals surface area (Å²) in [4.78, 5) is 12.2. The number of nitrogens with zero attached hydrogens (tertiary/aromatic N) is 1. The third kappa shape index (κ3) is 5.54. The van der Waals surface area contributed by atoms with Crippen molar-refractivity contribution in [1.29, 1.82) is 0 Å². The zero-order chi connectivity index (χ0) is 19.9. The molecule has 0 heterocycles. The van der Waals surface area contributed by atoms with Crippen LogP contribution >= 0.6 is 45.2 Å². The number of ether oxygens (including phenoxy) is 1. The van der Waals surface area contributed by atoms with Gasteiger partial charge in [-0.05, 0) is 87.0 Å². The third-order valence-electron chi connectivity index (χ3n) is 4.02. The molecule has 0 fully saturated rings. The highest BCUT2D eigenvalue weighted by molar-refractivity contribution is 14.1. The SMILES string of the molecule is Cc1ccccc1C(=O)N/N=C/c1cc(I)c(OCc2ccccc2)c(I)c1. The molecule has 1 amide bonds. The number of halogens is 2. The number of nitrogens with one attached hydrogen (secondary N) is 1. The molecule has 0 spiro atoms. The third-order valence-corrected chi connectivity index (χ3v) is 5.62. The summed E-state index contributed by atoms with van der Waals surface area (Å²) in [5, 5.41) is 4.09. The van der Waals surface area contributed by atoms with Crippen LogP contribution in [0.5, 0.6) is 5.75 Å². The molecule has 4 nitrogen and oxygen atoms in total. The summed E-state index contributed by atoms with van der Waals surface area (Å²) in [6, 6.07) is 21.4. The Hall–Kier alpha value is -1.94. The predicted octanol–water partition coefficient (Wildman–Crippen LogP) is 5.55. The first-order valence-electron chi connectivity index (χ1n) is 8.59. The Balaban J connectivity index is 1.66. The fourth-order valence-corrected chi connectivity index (χ4v) is 4.70. The molecule has 0 aromatic heterocycles. The second-order valence-electron chi connectivity index (χ2n) is 6.10. The van der Waals surface area contributed by atoms with Gasteiger partial charge in [-0.25, -0.2) is 5.43 Å². The highest BCUT2D eigenvalue weighted by atomic mass is 127. The van der Waals surface area contributed by atoms with E-state index in [9.17, 15) is 4.79 Å². The quantitative estimate of drug-likeness (QED) is 0.231. The molecular weight excluding hydrogens is 578 g/mol. The van der Waals surface area contributed by atoms with Crippen molar-refractivity contribution >= 4 is 57.3 Å². The minimum atomic E-state index is -0.221. The van der Waals surface area contributed by atoms with Crippen LogP contribution in [0.1, 0.15) is 27.0 Å². The predicted molar refractivity (Wildman–Crippen MR) is 129 cm³/mol. The van der Waals surface area contributed by atoms with Gasteiger partial charge in [0.1, 0.15) is 12.4 Å². The van der Waals surface area contributed by atoms with Crippen molar-refractivity contribution in [3.8, 4) is 5.75 Å². The van der Waals surface area contributed by atoms with Gasteiger partial charge in [0.15, 0.2) is 0 Å². The average molecular weight is 596 g/mol. The number of hydrazone groups is 1. The van der Waals surface area contributed by atoms with Crippen molar-refractivity contribution in [3.63, 3.8) is 0 Å².